The standard InChI is InChI=1S/C45H83O19P3/c1-3-5-7-9-11-13-15-17-19-21-23-25-27-29-31-33-38(46)59-35-37(61-39(47)34-32-30-28-26-24-22-20-18-16-14-12-10-8-6-4-2)36-60-67(57,58)64-43-40(48)41(49)44(62-65(51,52)53)45(42(43)50)63-66(54,55)56/h12,14,18,20,24,26,37,40-45,48-50H,3-11,13,15-17,19,21-23,25,27-36H2,1-2H3,(H,57,58)(H2,51,52,53)(H2,54,55,56). The number of rotatable bonds is 41. The number of ether oxygens (including phenoxy) is 2. The minimum atomic E-state index is -5.60. The van der Waals surface area contributed by atoms with Gasteiger partial charge in [-0.15, -0.1) is 0 Å². The third-order valence-corrected chi connectivity index (χ3v) is 13.0. The van der Waals surface area contributed by atoms with Gasteiger partial charge in [0.05, 0.1) is 6.61 Å². The molecule has 392 valence electrons. The molecule has 1 rings (SSSR count). The average molecular weight is 1020 g/mol. The summed E-state index contributed by atoms with van der Waals surface area (Å²) in [6, 6.07) is 0. The van der Waals surface area contributed by atoms with E-state index < -0.39 is 91.3 Å². The Labute approximate surface area is 398 Å². The molecule has 1 aliphatic carbocycles. The summed E-state index contributed by atoms with van der Waals surface area (Å²) in [6.07, 6.45) is 21.7. The Hall–Kier alpha value is -1.63. The largest absolute Gasteiger partial charge is 0.472 e. The zero-order valence-electron chi connectivity index (χ0n) is 39.7. The van der Waals surface area contributed by atoms with Crippen LogP contribution in [0.4, 0.5) is 0 Å². The number of unbranched alkanes of at least 4 members (excludes halogenated alkanes) is 19. The van der Waals surface area contributed by atoms with Gasteiger partial charge in [0.15, 0.2) is 6.10 Å². The number of carbonyl (C=O) groups excluding carboxylic acids is 2. The predicted octanol–water partition coefficient (Wildman–Crippen LogP) is 8.85. The van der Waals surface area contributed by atoms with E-state index in [0.717, 1.165) is 44.9 Å². The van der Waals surface area contributed by atoms with E-state index in [2.05, 4.69) is 47.2 Å². The Bertz CT molecular complexity index is 1550. The van der Waals surface area contributed by atoms with Gasteiger partial charge in [-0.2, -0.15) is 0 Å². The fraction of sp³-hybridized carbons (Fsp3) is 0.822. The topological polar surface area (TPSA) is 303 Å². The van der Waals surface area contributed by atoms with Crippen molar-refractivity contribution in [1.82, 2.24) is 0 Å². The molecule has 0 saturated heterocycles. The molecule has 67 heavy (non-hydrogen) atoms. The van der Waals surface area contributed by atoms with E-state index in [1.54, 1.807) is 0 Å². The summed E-state index contributed by atoms with van der Waals surface area (Å²) in [5.74, 6) is -1.34. The van der Waals surface area contributed by atoms with Crippen LogP contribution in [0.5, 0.6) is 0 Å². The number of aliphatic hydroxyl groups excluding tert-OH is 3. The molecule has 1 saturated carbocycles. The predicted molar refractivity (Wildman–Crippen MR) is 252 cm³/mol. The van der Waals surface area contributed by atoms with Gasteiger partial charge in [0.2, 0.25) is 0 Å². The van der Waals surface area contributed by atoms with Crippen molar-refractivity contribution in [3.05, 3.63) is 36.5 Å². The van der Waals surface area contributed by atoms with Crippen LogP contribution in [0, 0.1) is 0 Å². The van der Waals surface area contributed by atoms with Gasteiger partial charge >= 0.3 is 35.4 Å². The molecule has 1 fully saturated rings. The SMILES string of the molecule is CCCCCC=CCC=CCC=CCCCCC(=O)OC(COC(=O)CCCCCCCCCCCCCCCCC)COP(=O)(O)OC1C(O)C(O)C(OP(=O)(O)O)C(OP(=O)(O)O)C1O. The van der Waals surface area contributed by atoms with Crippen LogP contribution in [0.25, 0.3) is 0 Å². The fourth-order valence-electron chi connectivity index (χ4n) is 7.30. The van der Waals surface area contributed by atoms with Crippen molar-refractivity contribution < 1.29 is 90.6 Å². The summed E-state index contributed by atoms with van der Waals surface area (Å²) in [7, 11) is -16.6. The molecular weight excluding hydrogens is 937 g/mol. The second kappa shape index (κ2) is 37.2. The van der Waals surface area contributed by atoms with Crippen LogP contribution >= 0.6 is 23.5 Å². The van der Waals surface area contributed by atoms with Gasteiger partial charge < -0.3 is 49.3 Å². The van der Waals surface area contributed by atoms with Crippen LogP contribution in [0.2, 0.25) is 0 Å². The molecule has 0 bridgehead atoms. The van der Waals surface area contributed by atoms with Crippen LogP contribution in [-0.2, 0) is 50.9 Å². The Balaban J connectivity index is 2.75. The molecule has 1 aliphatic rings. The Kier molecular flexibility index (Phi) is 35.2. The van der Waals surface area contributed by atoms with Gasteiger partial charge in [0.1, 0.15) is 43.2 Å². The van der Waals surface area contributed by atoms with E-state index in [4.69, 9.17) is 18.5 Å². The molecule has 22 heteroatoms. The Morgan fingerprint density at radius 2 is 0.866 bits per heavy atom. The lowest BCUT2D eigenvalue weighted by atomic mass is 9.85. The van der Waals surface area contributed by atoms with Gasteiger partial charge in [-0.05, 0) is 51.4 Å². The molecule has 8 atom stereocenters. The van der Waals surface area contributed by atoms with Crippen molar-refractivity contribution in [2.24, 2.45) is 0 Å². The molecule has 0 spiro atoms. The highest BCUT2D eigenvalue weighted by Gasteiger charge is 2.56. The molecule has 0 heterocycles. The first kappa shape index (κ1) is 63.4. The third kappa shape index (κ3) is 33.6. The summed E-state index contributed by atoms with van der Waals surface area (Å²) in [4.78, 5) is 73.2. The van der Waals surface area contributed by atoms with Crippen molar-refractivity contribution >= 4 is 35.4 Å². The minimum absolute atomic E-state index is 0.0493. The maximum Gasteiger partial charge on any atom is 0.472 e. The van der Waals surface area contributed by atoms with Gasteiger partial charge in [-0.1, -0.05) is 153 Å². The second-order valence-electron chi connectivity index (χ2n) is 17.0. The maximum atomic E-state index is 13.1. The minimum Gasteiger partial charge on any atom is -0.462 e. The second-order valence-corrected chi connectivity index (χ2v) is 20.8. The number of allylic oxidation sites excluding steroid dienone is 6. The number of aliphatic hydroxyl groups is 3. The summed E-state index contributed by atoms with van der Waals surface area (Å²) in [6.45, 7) is 2.89. The highest BCUT2D eigenvalue weighted by molar-refractivity contribution is 7.47. The molecule has 0 aromatic rings. The van der Waals surface area contributed by atoms with Crippen molar-refractivity contribution in [3.8, 4) is 0 Å². The first-order valence-corrected chi connectivity index (χ1v) is 28.8. The van der Waals surface area contributed by atoms with E-state index in [1.165, 1.54) is 83.5 Å². The number of phosphoric ester groups is 3. The number of esters is 2. The fourth-order valence-corrected chi connectivity index (χ4v) is 9.39. The number of hydrogen-bond acceptors (Lipinski definition) is 14. The zero-order chi connectivity index (χ0) is 50.0. The van der Waals surface area contributed by atoms with Crippen LogP contribution in [0.15, 0.2) is 36.5 Å². The van der Waals surface area contributed by atoms with Crippen molar-refractivity contribution in [2.75, 3.05) is 13.2 Å². The smallest absolute Gasteiger partial charge is 0.462 e. The molecule has 8 N–H and O–H groups in total. The normalized spacial score (nSPS) is 21.9. The highest BCUT2D eigenvalue weighted by atomic mass is 31.2. The summed E-state index contributed by atoms with van der Waals surface area (Å²) in [5.41, 5.74) is 0. The van der Waals surface area contributed by atoms with Crippen LogP contribution in [0.1, 0.15) is 181 Å². The van der Waals surface area contributed by atoms with E-state index in [-0.39, 0.29) is 12.8 Å². The lowest BCUT2D eigenvalue weighted by Crippen LogP contribution is -2.65. The Morgan fingerprint density at radius 3 is 1.36 bits per heavy atom. The van der Waals surface area contributed by atoms with Crippen LogP contribution < -0.4 is 0 Å². The average Bonchev–Trinajstić information content (AvgIpc) is 3.25. The van der Waals surface area contributed by atoms with Gasteiger partial charge in [0.25, 0.3) is 0 Å². The van der Waals surface area contributed by atoms with Crippen molar-refractivity contribution in [1.29, 1.82) is 0 Å². The molecule has 0 aromatic carbocycles. The summed E-state index contributed by atoms with van der Waals surface area (Å²) < 4.78 is 65.4. The van der Waals surface area contributed by atoms with E-state index in [0.29, 0.717) is 25.7 Å². The molecule has 19 nitrogen and oxygen atoms in total. The van der Waals surface area contributed by atoms with Crippen LogP contribution in [-0.4, -0.2) is 108 Å². The summed E-state index contributed by atoms with van der Waals surface area (Å²) in [5, 5.41) is 31.9. The molecule has 0 amide bonds. The maximum absolute atomic E-state index is 13.1. The lowest BCUT2D eigenvalue weighted by Gasteiger charge is -2.44. The van der Waals surface area contributed by atoms with E-state index in [9.17, 15) is 63.1 Å². The van der Waals surface area contributed by atoms with Gasteiger partial charge in [0, 0.05) is 12.8 Å². The highest BCUT2D eigenvalue weighted by Crippen LogP contribution is 2.51. The van der Waals surface area contributed by atoms with Gasteiger partial charge in [-0.25, -0.2) is 13.7 Å². The molecule has 0 radical (unpaired) electrons. The van der Waals surface area contributed by atoms with E-state index >= 15 is 0 Å². The molecular formula is C45H83O19P3. The van der Waals surface area contributed by atoms with E-state index in [1.807, 2.05) is 12.2 Å². The molecule has 0 aliphatic heterocycles. The first-order valence-electron chi connectivity index (χ1n) is 24.3. The molecule has 8 unspecified atom stereocenters. The van der Waals surface area contributed by atoms with Gasteiger partial charge in [-0.3, -0.25) is 27.7 Å². The Morgan fingerprint density at radius 1 is 0.478 bits per heavy atom. The monoisotopic (exact) mass is 1020 g/mol. The zero-order valence-corrected chi connectivity index (χ0v) is 42.4. The quantitative estimate of drug-likeness (QED) is 0.0123. The third-order valence-electron chi connectivity index (χ3n) is 10.9. The van der Waals surface area contributed by atoms with Crippen LogP contribution in [0.3, 0.4) is 0 Å². The van der Waals surface area contributed by atoms with Crippen molar-refractivity contribution in [2.45, 2.75) is 224 Å². The number of carbonyl (C=O) groups is 2. The summed E-state index contributed by atoms with van der Waals surface area (Å²) >= 11 is 0. The number of phosphoric acid groups is 3. The lowest BCUT2D eigenvalue weighted by molar-refractivity contribution is -0.213. The van der Waals surface area contributed by atoms with Crippen molar-refractivity contribution in [3.63, 3.8) is 0 Å². The molecule has 0 aromatic heterocycles. The first-order chi connectivity index (χ1) is 31.8. The number of hydrogen-bond donors (Lipinski definition) is 8.